The molecule has 0 unspecified atom stereocenters. The van der Waals surface area contributed by atoms with Crippen LogP contribution in [0, 0.1) is 0 Å². The standard InChI is InChI=1S/C16H31N3O3S/c1-5-23-12-6-7-17-13-14(20)18-8-10-19(11-9-18)15(21)22-16(2,3)4/h17H,5-13H2,1-4H3. The highest BCUT2D eigenvalue weighted by molar-refractivity contribution is 7.99. The molecule has 0 saturated carbocycles. The Hall–Kier alpha value is -0.950. The van der Waals surface area contributed by atoms with Crippen LogP contribution < -0.4 is 5.32 Å². The highest BCUT2D eigenvalue weighted by Gasteiger charge is 2.27. The molecule has 0 atom stereocenters. The smallest absolute Gasteiger partial charge is 0.410 e. The monoisotopic (exact) mass is 345 g/mol. The molecule has 6 nitrogen and oxygen atoms in total. The molecule has 0 aliphatic carbocycles. The molecule has 0 aromatic heterocycles. The number of thioether (sulfide) groups is 1. The van der Waals surface area contributed by atoms with Crippen LogP contribution in [0.1, 0.15) is 34.1 Å². The molecule has 0 aromatic carbocycles. The molecule has 0 bridgehead atoms. The van der Waals surface area contributed by atoms with E-state index in [9.17, 15) is 9.59 Å². The van der Waals surface area contributed by atoms with Gasteiger partial charge in [-0.05, 0) is 45.2 Å². The predicted molar refractivity (Wildman–Crippen MR) is 94.9 cm³/mol. The molecule has 1 fully saturated rings. The lowest BCUT2D eigenvalue weighted by Gasteiger charge is -2.35. The third-order valence-corrected chi connectivity index (χ3v) is 4.39. The van der Waals surface area contributed by atoms with Gasteiger partial charge in [-0.25, -0.2) is 4.79 Å². The summed E-state index contributed by atoms with van der Waals surface area (Å²) in [7, 11) is 0. The molecule has 0 radical (unpaired) electrons. The Morgan fingerprint density at radius 3 is 2.30 bits per heavy atom. The largest absolute Gasteiger partial charge is 0.444 e. The first-order valence-electron chi connectivity index (χ1n) is 8.37. The van der Waals surface area contributed by atoms with Gasteiger partial charge in [-0.2, -0.15) is 11.8 Å². The topological polar surface area (TPSA) is 61.9 Å². The van der Waals surface area contributed by atoms with E-state index in [1.807, 2.05) is 37.4 Å². The Labute approximate surface area is 144 Å². The number of rotatable bonds is 7. The number of nitrogens with one attached hydrogen (secondary N) is 1. The fraction of sp³-hybridized carbons (Fsp3) is 0.875. The van der Waals surface area contributed by atoms with Crippen molar-refractivity contribution in [2.75, 3.05) is 50.8 Å². The van der Waals surface area contributed by atoms with E-state index in [0.717, 1.165) is 24.5 Å². The molecule has 1 rings (SSSR count). The van der Waals surface area contributed by atoms with Gasteiger partial charge in [0.15, 0.2) is 0 Å². The zero-order valence-electron chi connectivity index (χ0n) is 14.9. The molecular weight excluding hydrogens is 314 g/mol. The molecule has 2 amide bonds. The van der Waals surface area contributed by atoms with Crippen LogP contribution in [-0.2, 0) is 9.53 Å². The molecule has 7 heteroatoms. The van der Waals surface area contributed by atoms with Crippen molar-refractivity contribution in [1.29, 1.82) is 0 Å². The number of amides is 2. The summed E-state index contributed by atoms with van der Waals surface area (Å²) in [5, 5.41) is 3.20. The number of ether oxygens (including phenoxy) is 1. The van der Waals surface area contributed by atoms with Crippen LogP contribution >= 0.6 is 11.8 Å². The number of hydrogen-bond donors (Lipinski definition) is 1. The maximum absolute atomic E-state index is 12.1. The summed E-state index contributed by atoms with van der Waals surface area (Å²) in [6.45, 7) is 11.2. The van der Waals surface area contributed by atoms with E-state index in [2.05, 4.69) is 12.2 Å². The molecule has 1 aliphatic heterocycles. The summed E-state index contributed by atoms with van der Waals surface area (Å²) in [4.78, 5) is 27.6. The minimum Gasteiger partial charge on any atom is -0.444 e. The fourth-order valence-electron chi connectivity index (χ4n) is 2.22. The van der Waals surface area contributed by atoms with Gasteiger partial charge >= 0.3 is 6.09 Å². The van der Waals surface area contributed by atoms with Gasteiger partial charge in [-0.15, -0.1) is 0 Å². The van der Waals surface area contributed by atoms with Gasteiger partial charge in [0.2, 0.25) is 5.91 Å². The van der Waals surface area contributed by atoms with E-state index in [1.54, 1.807) is 4.90 Å². The van der Waals surface area contributed by atoms with E-state index in [0.29, 0.717) is 32.7 Å². The van der Waals surface area contributed by atoms with Crippen molar-refractivity contribution >= 4 is 23.8 Å². The highest BCUT2D eigenvalue weighted by atomic mass is 32.2. The van der Waals surface area contributed by atoms with Crippen LogP contribution in [0.15, 0.2) is 0 Å². The first kappa shape index (κ1) is 20.1. The normalized spacial score (nSPS) is 15.7. The zero-order valence-corrected chi connectivity index (χ0v) is 15.7. The third-order valence-electron chi connectivity index (χ3n) is 3.41. The summed E-state index contributed by atoms with van der Waals surface area (Å²) >= 11 is 1.92. The summed E-state index contributed by atoms with van der Waals surface area (Å²) in [5.41, 5.74) is -0.482. The first-order valence-corrected chi connectivity index (χ1v) is 9.53. The summed E-state index contributed by atoms with van der Waals surface area (Å²) < 4.78 is 5.35. The minimum absolute atomic E-state index is 0.108. The Morgan fingerprint density at radius 1 is 1.13 bits per heavy atom. The van der Waals surface area contributed by atoms with E-state index >= 15 is 0 Å². The van der Waals surface area contributed by atoms with Crippen LogP contribution in [-0.4, -0.2) is 78.2 Å². The van der Waals surface area contributed by atoms with Gasteiger partial charge in [0.05, 0.1) is 6.54 Å². The summed E-state index contributed by atoms with van der Waals surface area (Å²) in [5.74, 6) is 2.38. The lowest BCUT2D eigenvalue weighted by molar-refractivity contribution is -0.132. The van der Waals surface area contributed by atoms with E-state index < -0.39 is 5.60 Å². The molecule has 1 aliphatic rings. The third kappa shape index (κ3) is 8.46. The van der Waals surface area contributed by atoms with Gasteiger partial charge < -0.3 is 19.9 Å². The van der Waals surface area contributed by atoms with E-state index in [-0.39, 0.29) is 12.0 Å². The van der Waals surface area contributed by atoms with Gasteiger partial charge in [-0.1, -0.05) is 6.92 Å². The van der Waals surface area contributed by atoms with Crippen molar-refractivity contribution in [2.45, 2.75) is 39.7 Å². The maximum Gasteiger partial charge on any atom is 0.410 e. The van der Waals surface area contributed by atoms with Gasteiger partial charge in [-0.3, -0.25) is 4.79 Å². The fourth-order valence-corrected chi connectivity index (χ4v) is 2.85. The second-order valence-electron chi connectivity index (χ2n) is 6.58. The Morgan fingerprint density at radius 2 is 1.74 bits per heavy atom. The first-order chi connectivity index (χ1) is 10.8. The molecule has 23 heavy (non-hydrogen) atoms. The van der Waals surface area contributed by atoms with Crippen molar-refractivity contribution in [2.24, 2.45) is 0 Å². The molecule has 134 valence electrons. The Balaban J connectivity index is 2.19. The van der Waals surface area contributed by atoms with Crippen molar-refractivity contribution < 1.29 is 14.3 Å². The van der Waals surface area contributed by atoms with E-state index in [1.165, 1.54) is 0 Å². The van der Waals surface area contributed by atoms with Gasteiger partial charge in [0.1, 0.15) is 5.60 Å². The van der Waals surface area contributed by atoms with E-state index in [4.69, 9.17) is 4.74 Å². The number of hydrogen-bond acceptors (Lipinski definition) is 5. The Kier molecular flexibility index (Phi) is 8.76. The van der Waals surface area contributed by atoms with Crippen LogP contribution in [0.3, 0.4) is 0 Å². The maximum atomic E-state index is 12.1. The molecule has 1 heterocycles. The summed E-state index contributed by atoms with van der Waals surface area (Å²) in [6.07, 6.45) is 0.786. The number of nitrogens with zero attached hydrogens (tertiary/aromatic N) is 2. The number of carbonyl (C=O) groups excluding carboxylic acids is 2. The van der Waals surface area contributed by atoms with Crippen LogP contribution in [0.25, 0.3) is 0 Å². The summed E-state index contributed by atoms with van der Waals surface area (Å²) in [6, 6.07) is 0. The van der Waals surface area contributed by atoms with Crippen molar-refractivity contribution in [3.63, 3.8) is 0 Å². The SMILES string of the molecule is CCSCCCNCC(=O)N1CCN(C(=O)OC(C)(C)C)CC1. The highest BCUT2D eigenvalue weighted by Crippen LogP contribution is 2.11. The van der Waals surface area contributed by atoms with Gasteiger partial charge in [0.25, 0.3) is 0 Å². The predicted octanol–water partition coefficient (Wildman–Crippen LogP) is 1.80. The van der Waals surface area contributed by atoms with Crippen molar-refractivity contribution in [3.8, 4) is 0 Å². The number of carbonyl (C=O) groups is 2. The minimum atomic E-state index is -0.482. The zero-order chi connectivity index (χ0) is 17.3. The van der Waals surface area contributed by atoms with Crippen molar-refractivity contribution in [1.82, 2.24) is 15.1 Å². The number of piperazine rings is 1. The quantitative estimate of drug-likeness (QED) is 0.713. The average Bonchev–Trinajstić information content (AvgIpc) is 2.49. The lowest BCUT2D eigenvalue weighted by Crippen LogP contribution is -2.53. The molecule has 0 spiro atoms. The van der Waals surface area contributed by atoms with Gasteiger partial charge in [0, 0.05) is 26.2 Å². The second kappa shape index (κ2) is 10.0. The molecule has 1 N–H and O–H groups in total. The lowest BCUT2D eigenvalue weighted by atomic mass is 10.2. The average molecular weight is 346 g/mol. The molecule has 1 saturated heterocycles. The van der Waals surface area contributed by atoms with Crippen LogP contribution in [0.5, 0.6) is 0 Å². The van der Waals surface area contributed by atoms with Crippen molar-refractivity contribution in [3.05, 3.63) is 0 Å². The molecular formula is C16H31N3O3S. The second-order valence-corrected chi connectivity index (χ2v) is 7.97. The Bertz CT molecular complexity index is 377. The van der Waals surface area contributed by atoms with Crippen LogP contribution in [0.2, 0.25) is 0 Å². The van der Waals surface area contributed by atoms with Crippen LogP contribution in [0.4, 0.5) is 4.79 Å². The molecule has 0 aromatic rings.